The van der Waals surface area contributed by atoms with Gasteiger partial charge in [0.1, 0.15) is 5.82 Å². The number of fused-ring (bicyclic) bond motifs is 1. The molecule has 1 N–H and O–H groups in total. The Labute approximate surface area is 176 Å². The van der Waals surface area contributed by atoms with Crippen molar-refractivity contribution in [1.29, 1.82) is 0 Å². The predicted octanol–water partition coefficient (Wildman–Crippen LogP) is 2.21. The van der Waals surface area contributed by atoms with Gasteiger partial charge in [-0.3, -0.25) is 9.59 Å². The number of nitrogens with one attached hydrogen (secondary N) is 1. The Balaban J connectivity index is 1.56. The van der Waals surface area contributed by atoms with Crippen LogP contribution in [0, 0.1) is 5.92 Å². The highest BCUT2D eigenvalue weighted by molar-refractivity contribution is 5.81. The number of piperidine rings is 1. The summed E-state index contributed by atoms with van der Waals surface area (Å²) in [7, 11) is 0. The number of amides is 1. The van der Waals surface area contributed by atoms with Crippen molar-refractivity contribution in [3.63, 3.8) is 0 Å². The highest BCUT2D eigenvalue weighted by atomic mass is 19.4. The van der Waals surface area contributed by atoms with Gasteiger partial charge in [-0.15, -0.1) is 15.3 Å². The Hall–Kier alpha value is -2.92. The maximum absolute atomic E-state index is 13.0. The first kappa shape index (κ1) is 22.8. The molecule has 1 amide bonds. The second kappa shape index (κ2) is 8.67. The van der Waals surface area contributed by atoms with Crippen molar-refractivity contribution >= 4 is 23.3 Å². The minimum atomic E-state index is -4.67. The van der Waals surface area contributed by atoms with Crippen LogP contribution in [0.5, 0.6) is 0 Å². The standard InChI is InChI=1S/C19H25F3N6O3/c1-4-18(2,3)23-15(29)11-31-16(30)12-7-9-27(10-8-12)14-6-5-13-24-25-17(19(20,21)22)28(13)26-14/h5-6,12H,4,7-11H2,1-3H3,(H,23,29). The Kier molecular flexibility index (Phi) is 6.37. The average Bonchev–Trinajstić information content (AvgIpc) is 3.15. The highest BCUT2D eigenvalue weighted by Crippen LogP contribution is 2.28. The van der Waals surface area contributed by atoms with Crippen LogP contribution in [0.2, 0.25) is 0 Å². The number of hydrogen-bond donors (Lipinski definition) is 1. The van der Waals surface area contributed by atoms with Crippen LogP contribution < -0.4 is 10.2 Å². The van der Waals surface area contributed by atoms with E-state index in [0.29, 0.717) is 36.3 Å². The topological polar surface area (TPSA) is 102 Å². The maximum Gasteiger partial charge on any atom is 0.453 e. The lowest BCUT2D eigenvalue weighted by Gasteiger charge is -2.31. The molecule has 0 bridgehead atoms. The summed E-state index contributed by atoms with van der Waals surface area (Å²) in [6, 6.07) is 2.99. The lowest BCUT2D eigenvalue weighted by Crippen LogP contribution is -2.45. The van der Waals surface area contributed by atoms with Gasteiger partial charge in [0, 0.05) is 18.6 Å². The zero-order valence-electron chi connectivity index (χ0n) is 17.6. The molecule has 1 aliphatic heterocycles. The van der Waals surface area contributed by atoms with Gasteiger partial charge >= 0.3 is 12.1 Å². The summed E-state index contributed by atoms with van der Waals surface area (Å²) in [4.78, 5) is 26.0. The number of halogens is 3. The molecule has 31 heavy (non-hydrogen) atoms. The van der Waals surface area contributed by atoms with E-state index in [1.54, 1.807) is 11.0 Å². The van der Waals surface area contributed by atoms with Crippen molar-refractivity contribution in [3.05, 3.63) is 18.0 Å². The molecule has 0 atom stereocenters. The molecule has 0 radical (unpaired) electrons. The molecule has 9 nitrogen and oxygen atoms in total. The number of hydrogen-bond acceptors (Lipinski definition) is 7. The fraction of sp³-hybridized carbons (Fsp3) is 0.632. The summed E-state index contributed by atoms with van der Waals surface area (Å²) in [5.41, 5.74) is -0.376. The second-order valence-electron chi connectivity index (χ2n) is 8.14. The molecule has 170 valence electrons. The molecule has 1 saturated heterocycles. The number of carbonyl (C=O) groups is 2. The van der Waals surface area contributed by atoms with E-state index in [0.717, 1.165) is 6.42 Å². The smallest absolute Gasteiger partial charge is 0.453 e. The van der Waals surface area contributed by atoms with Gasteiger partial charge in [-0.1, -0.05) is 6.92 Å². The van der Waals surface area contributed by atoms with Crippen molar-refractivity contribution in [2.24, 2.45) is 5.92 Å². The number of aromatic nitrogens is 4. The second-order valence-corrected chi connectivity index (χ2v) is 8.14. The normalized spacial score (nSPS) is 15.9. The third-order valence-corrected chi connectivity index (χ3v) is 5.36. The number of carbonyl (C=O) groups excluding carboxylic acids is 2. The minimum absolute atomic E-state index is 0.000865. The highest BCUT2D eigenvalue weighted by Gasteiger charge is 2.38. The summed E-state index contributed by atoms with van der Waals surface area (Å²) < 4.78 is 45.0. The number of esters is 1. The maximum atomic E-state index is 13.0. The van der Waals surface area contributed by atoms with E-state index in [2.05, 4.69) is 20.6 Å². The van der Waals surface area contributed by atoms with Gasteiger partial charge in [-0.25, -0.2) is 0 Å². The largest absolute Gasteiger partial charge is 0.455 e. The molecule has 3 rings (SSSR count). The molecule has 0 spiro atoms. The molecule has 1 fully saturated rings. The fourth-order valence-electron chi connectivity index (χ4n) is 3.23. The summed E-state index contributed by atoms with van der Waals surface area (Å²) >= 11 is 0. The van der Waals surface area contributed by atoms with Crippen molar-refractivity contribution in [3.8, 4) is 0 Å². The fourth-order valence-corrected chi connectivity index (χ4v) is 3.23. The first-order valence-corrected chi connectivity index (χ1v) is 10.0. The van der Waals surface area contributed by atoms with Gasteiger partial charge in [-0.05, 0) is 45.2 Å². The number of rotatable bonds is 6. The summed E-state index contributed by atoms with van der Waals surface area (Å²) in [5.74, 6) is -2.04. The van der Waals surface area contributed by atoms with Gasteiger partial charge in [-0.2, -0.15) is 17.7 Å². The molecular formula is C19H25F3N6O3. The molecule has 0 aromatic carbocycles. The van der Waals surface area contributed by atoms with Gasteiger partial charge < -0.3 is 15.0 Å². The number of nitrogens with zero attached hydrogens (tertiary/aromatic N) is 5. The minimum Gasteiger partial charge on any atom is -0.455 e. The van der Waals surface area contributed by atoms with E-state index in [9.17, 15) is 22.8 Å². The number of ether oxygens (including phenoxy) is 1. The summed E-state index contributed by atoms with van der Waals surface area (Å²) in [6.45, 7) is 6.19. The van der Waals surface area contributed by atoms with Crippen LogP contribution in [0.4, 0.5) is 19.0 Å². The monoisotopic (exact) mass is 442 g/mol. The molecule has 0 saturated carbocycles. The molecule has 0 aliphatic carbocycles. The van der Waals surface area contributed by atoms with Gasteiger partial charge in [0.05, 0.1) is 5.92 Å². The SMILES string of the molecule is CCC(C)(C)NC(=O)COC(=O)C1CCN(c2ccc3nnc(C(F)(F)F)n3n2)CC1. The lowest BCUT2D eigenvalue weighted by atomic mass is 9.97. The summed E-state index contributed by atoms with van der Waals surface area (Å²) in [5, 5.41) is 13.5. The van der Waals surface area contributed by atoms with E-state index < -0.39 is 18.0 Å². The van der Waals surface area contributed by atoms with E-state index in [1.807, 2.05) is 20.8 Å². The van der Waals surface area contributed by atoms with Crippen molar-refractivity contribution in [2.45, 2.75) is 51.7 Å². The van der Waals surface area contributed by atoms with Crippen LogP contribution in [-0.2, 0) is 20.5 Å². The van der Waals surface area contributed by atoms with E-state index in [4.69, 9.17) is 4.74 Å². The number of alkyl halides is 3. The molecule has 12 heteroatoms. The molecule has 2 aromatic heterocycles. The average molecular weight is 442 g/mol. The molecule has 2 aromatic rings. The van der Waals surface area contributed by atoms with Crippen molar-refractivity contribution in [2.75, 3.05) is 24.6 Å². The van der Waals surface area contributed by atoms with Crippen LogP contribution in [0.25, 0.3) is 5.65 Å². The summed E-state index contributed by atoms with van der Waals surface area (Å²) in [6.07, 6.45) is -3.05. The van der Waals surface area contributed by atoms with Crippen LogP contribution >= 0.6 is 0 Å². The van der Waals surface area contributed by atoms with Gasteiger partial charge in [0.2, 0.25) is 0 Å². The van der Waals surface area contributed by atoms with Crippen molar-refractivity contribution < 1.29 is 27.5 Å². The molecule has 3 heterocycles. The Morgan fingerprint density at radius 1 is 1.19 bits per heavy atom. The van der Waals surface area contributed by atoms with Gasteiger partial charge in [0.25, 0.3) is 11.7 Å². The Bertz CT molecular complexity index is 951. The molecular weight excluding hydrogens is 417 g/mol. The van der Waals surface area contributed by atoms with Crippen LogP contribution in [-0.4, -0.2) is 56.9 Å². The van der Waals surface area contributed by atoms with Gasteiger partial charge in [0.15, 0.2) is 12.3 Å². The third kappa shape index (κ3) is 5.42. The zero-order chi connectivity index (χ0) is 22.8. The first-order chi connectivity index (χ1) is 14.5. The first-order valence-electron chi connectivity index (χ1n) is 10.0. The lowest BCUT2D eigenvalue weighted by molar-refractivity contribution is -0.153. The molecule has 1 aliphatic rings. The van der Waals surface area contributed by atoms with E-state index in [1.165, 1.54) is 6.07 Å². The van der Waals surface area contributed by atoms with Crippen LogP contribution in [0.15, 0.2) is 12.1 Å². The van der Waals surface area contributed by atoms with Crippen LogP contribution in [0.3, 0.4) is 0 Å². The Morgan fingerprint density at radius 2 is 1.87 bits per heavy atom. The van der Waals surface area contributed by atoms with E-state index >= 15 is 0 Å². The predicted molar refractivity (Wildman–Crippen MR) is 104 cm³/mol. The Morgan fingerprint density at radius 3 is 2.48 bits per heavy atom. The molecule has 0 unspecified atom stereocenters. The number of anilines is 1. The van der Waals surface area contributed by atoms with Crippen molar-refractivity contribution in [1.82, 2.24) is 25.1 Å². The third-order valence-electron chi connectivity index (χ3n) is 5.36. The zero-order valence-corrected chi connectivity index (χ0v) is 17.6. The van der Waals surface area contributed by atoms with E-state index in [-0.39, 0.29) is 29.6 Å². The van der Waals surface area contributed by atoms with Crippen LogP contribution in [0.1, 0.15) is 45.9 Å². The quantitative estimate of drug-likeness (QED) is 0.685.